The second-order valence-electron chi connectivity index (χ2n) is 6.44. The molecule has 0 aromatic rings. The average Bonchev–Trinajstić information content (AvgIpc) is 2.36. The molecule has 1 unspecified atom stereocenters. The van der Waals surface area contributed by atoms with Crippen LogP contribution in [0, 0.1) is 5.92 Å². The van der Waals surface area contributed by atoms with Crippen LogP contribution in [0.2, 0.25) is 0 Å². The van der Waals surface area contributed by atoms with Crippen molar-refractivity contribution in [1.82, 2.24) is 10.2 Å². The fourth-order valence-electron chi connectivity index (χ4n) is 2.81. The quantitative estimate of drug-likeness (QED) is 0.815. The third kappa shape index (κ3) is 4.39. The van der Waals surface area contributed by atoms with Crippen LogP contribution in [0.1, 0.15) is 59.3 Å². The van der Waals surface area contributed by atoms with Gasteiger partial charge < -0.3 is 15.3 Å². The van der Waals surface area contributed by atoms with Gasteiger partial charge in [-0.1, -0.05) is 33.1 Å². The number of nitrogens with zero attached hydrogens (tertiary/aromatic N) is 1. The average molecular weight is 284 g/mol. The summed E-state index contributed by atoms with van der Waals surface area (Å²) in [5, 5.41) is 12.1. The van der Waals surface area contributed by atoms with Gasteiger partial charge in [0.1, 0.15) is 0 Å². The Kier molecular flexibility index (Phi) is 5.84. The summed E-state index contributed by atoms with van der Waals surface area (Å²) in [6.07, 6.45) is 4.62. The van der Waals surface area contributed by atoms with Crippen LogP contribution in [0.5, 0.6) is 0 Å². The number of aliphatic carboxylic acids is 1. The van der Waals surface area contributed by atoms with Crippen molar-refractivity contribution in [2.75, 3.05) is 7.05 Å². The van der Waals surface area contributed by atoms with Crippen LogP contribution in [-0.4, -0.2) is 40.6 Å². The summed E-state index contributed by atoms with van der Waals surface area (Å²) in [5.41, 5.74) is -0.563. The summed E-state index contributed by atoms with van der Waals surface area (Å²) in [6, 6.07) is -0.0326. The molecule has 1 rings (SSSR count). The summed E-state index contributed by atoms with van der Waals surface area (Å²) in [4.78, 5) is 25.2. The first kappa shape index (κ1) is 16.8. The molecule has 0 aromatic heterocycles. The molecule has 1 atom stereocenters. The molecule has 0 radical (unpaired) electrons. The summed E-state index contributed by atoms with van der Waals surface area (Å²) >= 11 is 0. The van der Waals surface area contributed by atoms with E-state index >= 15 is 0 Å². The molecule has 1 aliphatic rings. The van der Waals surface area contributed by atoms with Crippen molar-refractivity contribution in [2.24, 2.45) is 5.92 Å². The lowest BCUT2D eigenvalue weighted by Crippen LogP contribution is -2.56. The van der Waals surface area contributed by atoms with Gasteiger partial charge in [0.05, 0.1) is 12.0 Å². The van der Waals surface area contributed by atoms with Crippen molar-refractivity contribution in [1.29, 1.82) is 0 Å². The minimum atomic E-state index is -0.841. The Morgan fingerprint density at radius 2 is 1.75 bits per heavy atom. The van der Waals surface area contributed by atoms with E-state index in [0.29, 0.717) is 5.92 Å². The Hall–Kier alpha value is -1.26. The molecule has 1 saturated carbocycles. The van der Waals surface area contributed by atoms with Gasteiger partial charge in [0.15, 0.2) is 0 Å². The van der Waals surface area contributed by atoms with Gasteiger partial charge in [-0.3, -0.25) is 4.79 Å². The molecule has 0 saturated heterocycles. The molecule has 0 spiro atoms. The Bertz CT molecular complexity index is 349. The lowest BCUT2D eigenvalue weighted by Gasteiger charge is -2.39. The van der Waals surface area contributed by atoms with Crippen LogP contribution in [0.15, 0.2) is 0 Å². The lowest BCUT2D eigenvalue weighted by atomic mass is 9.79. The number of rotatable bonds is 5. The molecular formula is C15H28N2O3. The Balaban J connectivity index is 2.74. The highest BCUT2D eigenvalue weighted by Crippen LogP contribution is 2.31. The predicted octanol–water partition coefficient (Wildman–Crippen LogP) is 2.85. The molecule has 5 heteroatoms. The largest absolute Gasteiger partial charge is 0.481 e. The van der Waals surface area contributed by atoms with Crippen LogP contribution in [-0.2, 0) is 4.79 Å². The van der Waals surface area contributed by atoms with E-state index in [4.69, 9.17) is 5.11 Å². The number of hydrogen-bond donors (Lipinski definition) is 2. The summed E-state index contributed by atoms with van der Waals surface area (Å²) in [6.45, 7) is 6.15. The second-order valence-corrected chi connectivity index (χ2v) is 6.44. The van der Waals surface area contributed by atoms with Gasteiger partial charge in [-0.25, -0.2) is 4.79 Å². The van der Waals surface area contributed by atoms with Crippen molar-refractivity contribution in [3.63, 3.8) is 0 Å². The minimum absolute atomic E-state index is 0.0165. The minimum Gasteiger partial charge on any atom is -0.481 e. The smallest absolute Gasteiger partial charge is 0.317 e. The third-order valence-electron chi connectivity index (χ3n) is 4.57. The first-order valence-corrected chi connectivity index (χ1v) is 7.54. The molecule has 5 nitrogen and oxygen atoms in total. The van der Waals surface area contributed by atoms with E-state index in [2.05, 4.69) is 19.2 Å². The Morgan fingerprint density at radius 1 is 1.20 bits per heavy atom. The molecule has 0 aromatic carbocycles. The first-order chi connectivity index (χ1) is 9.27. The van der Waals surface area contributed by atoms with Crippen molar-refractivity contribution < 1.29 is 14.7 Å². The number of urea groups is 1. The zero-order valence-corrected chi connectivity index (χ0v) is 13.1. The fraction of sp³-hybridized carbons (Fsp3) is 0.867. The maximum atomic E-state index is 12.4. The number of amides is 2. The zero-order chi connectivity index (χ0) is 15.3. The number of carbonyl (C=O) groups excluding carboxylic acids is 1. The molecule has 2 N–H and O–H groups in total. The van der Waals surface area contributed by atoms with E-state index in [9.17, 15) is 9.59 Å². The summed E-state index contributed by atoms with van der Waals surface area (Å²) in [5.74, 6) is -0.473. The van der Waals surface area contributed by atoms with Gasteiger partial charge in [-0.15, -0.1) is 0 Å². The highest BCUT2D eigenvalue weighted by Gasteiger charge is 2.37. The SMILES string of the molecule is CC(C)C(C)N(C)C(=O)NC1(CC(=O)O)CCCCC1. The van der Waals surface area contributed by atoms with Gasteiger partial charge >= 0.3 is 12.0 Å². The molecule has 0 heterocycles. The van der Waals surface area contributed by atoms with Crippen molar-refractivity contribution >= 4 is 12.0 Å². The number of nitrogens with one attached hydrogen (secondary N) is 1. The maximum absolute atomic E-state index is 12.4. The molecule has 0 bridgehead atoms. The summed E-state index contributed by atoms with van der Waals surface area (Å²) < 4.78 is 0. The van der Waals surface area contributed by atoms with Gasteiger partial charge in [-0.05, 0) is 25.7 Å². The maximum Gasteiger partial charge on any atom is 0.317 e. The standard InChI is InChI=1S/C15H28N2O3/c1-11(2)12(3)17(4)14(20)16-15(10-13(18)19)8-6-5-7-9-15/h11-12H,5-10H2,1-4H3,(H,16,20)(H,18,19). The number of hydrogen-bond acceptors (Lipinski definition) is 2. The van der Waals surface area contributed by atoms with Crippen LogP contribution in [0.3, 0.4) is 0 Å². The predicted molar refractivity (Wildman–Crippen MR) is 78.7 cm³/mol. The number of carboxylic acid groups (broad SMARTS) is 1. The van der Waals surface area contributed by atoms with Crippen LogP contribution in [0.4, 0.5) is 4.79 Å². The Labute approximate surface area is 121 Å². The highest BCUT2D eigenvalue weighted by atomic mass is 16.4. The number of carboxylic acids is 1. The van der Waals surface area contributed by atoms with Crippen LogP contribution < -0.4 is 5.32 Å². The van der Waals surface area contributed by atoms with Gasteiger partial charge in [-0.2, -0.15) is 0 Å². The molecule has 116 valence electrons. The highest BCUT2D eigenvalue weighted by molar-refractivity contribution is 5.77. The first-order valence-electron chi connectivity index (χ1n) is 7.54. The van der Waals surface area contributed by atoms with Gasteiger partial charge in [0, 0.05) is 13.1 Å². The number of carbonyl (C=O) groups is 2. The zero-order valence-electron chi connectivity index (χ0n) is 13.1. The Morgan fingerprint density at radius 3 is 2.20 bits per heavy atom. The monoisotopic (exact) mass is 284 g/mol. The molecule has 0 aliphatic heterocycles. The van der Waals surface area contributed by atoms with Crippen LogP contribution >= 0.6 is 0 Å². The fourth-order valence-corrected chi connectivity index (χ4v) is 2.81. The molecular weight excluding hydrogens is 256 g/mol. The second kappa shape index (κ2) is 6.95. The van der Waals surface area contributed by atoms with Crippen molar-refractivity contribution in [2.45, 2.75) is 70.9 Å². The van der Waals surface area contributed by atoms with E-state index in [-0.39, 0.29) is 18.5 Å². The van der Waals surface area contributed by atoms with Crippen molar-refractivity contribution in [3.8, 4) is 0 Å². The van der Waals surface area contributed by atoms with E-state index in [1.807, 2.05) is 6.92 Å². The van der Waals surface area contributed by atoms with E-state index in [1.165, 1.54) is 0 Å². The van der Waals surface area contributed by atoms with Crippen LogP contribution in [0.25, 0.3) is 0 Å². The molecule has 2 amide bonds. The molecule has 1 aliphatic carbocycles. The molecule has 20 heavy (non-hydrogen) atoms. The third-order valence-corrected chi connectivity index (χ3v) is 4.57. The van der Waals surface area contributed by atoms with Gasteiger partial charge in [0.25, 0.3) is 0 Å². The molecule has 1 fully saturated rings. The summed E-state index contributed by atoms with van der Waals surface area (Å²) in [7, 11) is 1.78. The van der Waals surface area contributed by atoms with Crippen molar-refractivity contribution in [3.05, 3.63) is 0 Å². The van der Waals surface area contributed by atoms with E-state index < -0.39 is 11.5 Å². The van der Waals surface area contributed by atoms with Gasteiger partial charge in [0.2, 0.25) is 0 Å². The topological polar surface area (TPSA) is 69.6 Å². The van der Waals surface area contributed by atoms with E-state index in [0.717, 1.165) is 32.1 Å². The lowest BCUT2D eigenvalue weighted by molar-refractivity contribution is -0.139. The van der Waals surface area contributed by atoms with E-state index in [1.54, 1.807) is 11.9 Å². The normalized spacial score (nSPS) is 19.4.